The molecule has 0 aliphatic carbocycles. The molecule has 0 aromatic carbocycles. The largest absolute Gasteiger partial charge is 0.314 e. The summed E-state index contributed by atoms with van der Waals surface area (Å²) in [6.07, 6.45) is 3.96. The lowest BCUT2D eigenvalue weighted by Crippen LogP contribution is -2.38. The number of hydrogen-bond acceptors (Lipinski definition) is 4. The zero-order valence-electron chi connectivity index (χ0n) is 12.0. The van der Waals surface area contributed by atoms with Crippen molar-refractivity contribution in [3.05, 3.63) is 0 Å². The average molecular weight is 276 g/mol. The predicted octanol–water partition coefficient (Wildman–Crippen LogP) is 1.28. The Bertz CT molecular complexity index is 327. The van der Waals surface area contributed by atoms with E-state index in [0.29, 0.717) is 6.54 Å². The van der Waals surface area contributed by atoms with Crippen molar-refractivity contribution in [2.24, 2.45) is 0 Å². The Kier molecular flexibility index (Phi) is 6.08. The Morgan fingerprint density at radius 1 is 1.06 bits per heavy atom. The number of likely N-dealkylation sites (tertiary alicyclic amines) is 1. The van der Waals surface area contributed by atoms with E-state index in [2.05, 4.69) is 10.2 Å². The van der Waals surface area contributed by atoms with Crippen molar-refractivity contribution in [1.82, 2.24) is 10.2 Å². The molecule has 0 radical (unpaired) electrons. The summed E-state index contributed by atoms with van der Waals surface area (Å²) in [6, 6.07) is 0. The number of hydrogen-bond donors (Lipinski definition) is 1. The first kappa shape index (κ1) is 15.9. The highest BCUT2D eigenvalue weighted by atomic mass is 32.2. The summed E-state index contributed by atoms with van der Waals surface area (Å²) in [7, 11) is -2.98. The van der Waals surface area contributed by atoms with E-state index in [1.807, 2.05) is 0 Å². The maximum atomic E-state index is 11.9. The molecule has 0 aromatic rings. The van der Waals surface area contributed by atoms with Crippen LogP contribution in [-0.2, 0) is 9.84 Å². The van der Waals surface area contributed by atoms with Crippen LogP contribution >= 0.6 is 0 Å². The molecule has 0 unspecified atom stereocenters. The first-order valence-electron chi connectivity index (χ1n) is 6.98. The predicted molar refractivity (Wildman–Crippen MR) is 76.7 cm³/mol. The van der Waals surface area contributed by atoms with Crippen LogP contribution < -0.4 is 5.32 Å². The third-order valence-corrected chi connectivity index (χ3v) is 6.14. The van der Waals surface area contributed by atoms with Crippen molar-refractivity contribution in [1.29, 1.82) is 0 Å². The van der Waals surface area contributed by atoms with Crippen LogP contribution in [0.2, 0.25) is 0 Å². The molecule has 1 aliphatic rings. The lowest BCUT2D eigenvalue weighted by atomic mass is 10.1. The van der Waals surface area contributed by atoms with Crippen LogP contribution in [0, 0.1) is 0 Å². The maximum Gasteiger partial charge on any atom is 0.156 e. The molecule has 0 saturated carbocycles. The Morgan fingerprint density at radius 2 is 1.67 bits per heavy atom. The molecule has 0 spiro atoms. The van der Waals surface area contributed by atoms with Crippen LogP contribution in [0.5, 0.6) is 0 Å². The molecule has 1 heterocycles. The number of rotatable bonds is 6. The van der Waals surface area contributed by atoms with Gasteiger partial charge in [-0.05, 0) is 46.7 Å². The van der Waals surface area contributed by atoms with Gasteiger partial charge < -0.3 is 10.2 Å². The maximum absolute atomic E-state index is 11.9. The van der Waals surface area contributed by atoms with E-state index in [4.69, 9.17) is 0 Å². The van der Waals surface area contributed by atoms with Gasteiger partial charge in [0.05, 0.1) is 10.5 Å². The van der Waals surface area contributed by atoms with E-state index < -0.39 is 14.6 Å². The Labute approximate surface area is 112 Å². The van der Waals surface area contributed by atoms with Gasteiger partial charge in [0.1, 0.15) is 0 Å². The van der Waals surface area contributed by atoms with E-state index in [-0.39, 0.29) is 5.75 Å². The molecule has 4 nitrogen and oxygen atoms in total. The minimum absolute atomic E-state index is 0.233. The second-order valence-electron chi connectivity index (χ2n) is 6.08. The van der Waals surface area contributed by atoms with Gasteiger partial charge in [-0.3, -0.25) is 0 Å². The molecule has 1 fully saturated rings. The summed E-state index contributed by atoms with van der Waals surface area (Å²) >= 11 is 0. The Morgan fingerprint density at radius 3 is 2.22 bits per heavy atom. The van der Waals surface area contributed by atoms with Crippen LogP contribution in [0.25, 0.3) is 0 Å². The number of nitrogens with zero attached hydrogens (tertiary/aromatic N) is 1. The lowest BCUT2D eigenvalue weighted by molar-refractivity contribution is 0.229. The molecule has 1 saturated heterocycles. The minimum Gasteiger partial charge on any atom is -0.314 e. The SMILES string of the molecule is CC(C)(C)S(=O)(=O)CCNCCN1CCCCC1. The van der Waals surface area contributed by atoms with Gasteiger partial charge >= 0.3 is 0 Å². The normalized spacial score (nSPS) is 19.1. The van der Waals surface area contributed by atoms with Crippen molar-refractivity contribution in [3.8, 4) is 0 Å². The van der Waals surface area contributed by atoms with Gasteiger partial charge in [-0.2, -0.15) is 0 Å². The highest BCUT2D eigenvalue weighted by Crippen LogP contribution is 2.15. The number of piperidine rings is 1. The van der Waals surface area contributed by atoms with E-state index in [1.165, 1.54) is 32.4 Å². The molecule has 1 rings (SSSR count). The summed E-state index contributed by atoms with van der Waals surface area (Å²) in [5, 5.41) is 3.24. The zero-order chi connectivity index (χ0) is 13.6. The smallest absolute Gasteiger partial charge is 0.156 e. The van der Waals surface area contributed by atoms with E-state index in [9.17, 15) is 8.42 Å². The van der Waals surface area contributed by atoms with Gasteiger partial charge in [-0.25, -0.2) is 8.42 Å². The molecule has 18 heavy (non-hydrogen) atoms. The Balaban J connectivity index is 2.11. The van der Waals surface area contributed by atoms with Crippen LogP contribution in [0.1, 0.15) is 40.0 Å². The van der Waals surface area contributed by atoms with Crippen LogP contribution in [0.4, 0.5) is 0 Å². The molecule has 1 aliphatic heterocycles. The van der Waals surface area contributed by atoms with Gasteiger partial charge in [0.15, 0.2) is 9.84 Å². The molecule has 0 amide bonds. The van der Waals surface area contributed by atoms with E-state index in [1.54, 1.807) is 20.8 Å². The van der Waals surface area contributed by atoms with Crippen LogP contribution in [-0.4, -0.2) is 56.5 Å². The van der Waals surface area contributed by atoms with E-state index >= 15 is 0 Å². The fourth-order valence-electron chi connectivity index (χ4n) is 2.06. The van der Waals surface area contributed by atoms with Gasteiger partial charge in [-0.15, -0.1) is 0 Å². The first-order chi connectivity index (χ1) is 8.33. The number of nitrogens with one attached hydrogen (secondary N) is 1. The monoisotopic (exact) mass is 276 g/mol. The summed E-state index contributed by atoms with van der Waals surface area (Å²) in [5.41, 5.74) is 0. The highest BCUT2D eigenvalue weighted by Gasteiger charge is 2.27. The topological polar surface area (TPSA) is 49.4 Å². The van der Waals surface area contributed by atoms with Gasteiger partial charge in [0.2, 0.25) is 0 Å². The summed E-state index contributed by atoms with van der Waals surface area (Å²) in [4.78, 5) is 2.45. The van der Waals surface area contributed by atoms with Crippen molar-refractivity contribution in [2.75, 3.05) is 38.5 Å². The van der Waals surface area contributed by atoms with Crippen molar-refractivity contribution in [2.45, 2.75) is 44.8 Å². The lowest BCUT2D eigenvalue weighted by Gasteiger charge is -2.26. The van der Waals surface area contributed by atoms with Crippen molar-refractivity contribution < 1.29 is 8.42 Å². The minimum atomic E-state index is -2.98. The molecular formula is C13H28N2O2S. The average Bonchev–Trinajstić information content (AvgIpc) is 2.28. The molecule has 0 atom stereocenters. The number of sulfone groups is 1. The molecule has 0 bridgehead atoms. The quantitative estimate of drug-likeness (QED) is 0.742. The summed E-state index contributed by atoms with van der Waals surface area (Å²) < 4.78 is 23.1. The fourth-order valence-corrected chi connectivity index (χ4v) is 3.08. The standard InChI is InChI=1S/C13H28N2O2S/c1-13(2,3)18(16,17)12-8-14-7-11-15-9-5-4-6-10-15/h14H,4-12H2,1-3H3. The first-order valence-corrected chi connectivity index (χ1v) is 8.63. The second kappa shape index (κ2) is 6.87. The summed E-state index contributed by atoms with van der Waals surface area (Å²) in [5.74, 6) is 0.233. The van der Waals surface area contributed by atoms with Crippen molar-refractivity contribution in [3.63, 3.8) is 0 Å². The molecule has 5 heteroatoms. The van der Waals surface area contributed by atoms with Gasteiger partial charge in [-0.1, -0.05) is 6.42 Å². The zero-order valence-corrected chi connectivity index (χ0v) is 12.9. The van der Waals surface area contributed by atoms with Gasteiger partial charge in [0, 0.05) is 19.6 Å². The molecular weight excluding hydrogens is 248 g/mol. The highest BCUT2D eigenvalue weighted by molar-refractivity contribution is 7.92. The molecule has 108 valence electrons. The fraction of sp³-hybridized carbons (Fsp3) is 1.00. The van der Waals surface area contributed by atoms with Crippen LogP contribution in [0.3, 0.4) is 0 Å². The second-order valence-corrected chi connectivity index (χ2v) is 8.95. The van der Waals surface area contributed by atoms with Crippen LogP contribution in [0.15, 0.2) is 0 Å². The molecule has 0 aromatic heterocycles. The van der Waals surface area contributed by atoms with Gasteiger partial charge in [0.25, 0.3) is 0 Å². The summed E-state index contributed by atoms with van der Waals surface area (Å²) in [6.45, 7) is 10.2. The Hall–Kier alpha value is -0.130. The van der Waals surface area contributed by atoms with E-state index in [0.717, 1.165) is 13.1 Å². The molecule has 1 N–H and O–H groups in total. The third kappa shape index (κ3) is 5.24. The van der Waals surface area contributed by atoms with Crippen molar-refractivity contribution >= 4 is 9.84 Å². The third-order valence-electron chi connectivity index (χ3n) is 3.53.